The molecular weight excluding hydrogens is 384 g/mol. The molecule has 6 nitrogen and oxygen atoms in total. The molecule has 0 spiro atoms. The van der Waals surface area contributed by atoms with Crippen molar-refractivity contribution in [1.29, 1.82) is 0 Å². The van der Waals surface area contributed by atoms with Gasteiger partial charge in [-0.25, -0.2) is 9.67 Å². The van der Waals surface area contributed by atoms with Crippen LogP contribution in [0, 0.1) is 6.92 Å². The van der Waals surface area contributed by atoms with Crippen molar-refractivity contribution in [3.8, 4) is 22.3 Å². The van der Waals surface area contributed by atoms with Crippen molar-refractivity contribution in [2.75, 3.05) is 13.1 Å². The quantitative estimate of drug-likeness (QED) is 0.644. The third-order valence-electron chi connectivity index (χ3n) is 5.43. The molecule has 2 aromatic heterocycles. The minimum absolute atomic E-state index is 0.138. The normalized spacial score (nSPS) is 14.7. The van der Waals surface area contributed by atoms with Gasteiger partial charge < -0.3 is 10.0 Å². The first kappa shape index (κ1) is 19.6. The van der Waals surface area contributed by atoms with Gasteiger partial charge in [0.1, 0.15) is 0 Å². The number of nitrogens with zero attached hydrogens (tertiary/aromatic N) is 4. The fourth-order valence-corrected chi connectivity index (χ4v) is 4.55. The van der Waals surface area contributed by atoms with Crippen LogP contribution in [-0.2, 0) is 11.2 Å². The van der Waals surface area contributed by atoms with Crippen LogP contribution in [-0.4, -0.2) is 38.7 Å². The summed E-state index contributed by atoms with van der Waals surface area (Å²) in [7, 11) is 0. The number of aromatic nitrogens is 3. The van der Waals surface area contributed by atoms with Crippen LogP contribution < -0.4 is 5.11 Å². The highest BCUT2D eigenvalue weighted by Crippen LogP contribution is 2.28. The maximum Gasteiger partial charge on any atom is 0.222 e. The highest BCUT2D eigenvalue weighted by Gasteiger charge is 2.18. The van der Waals surface area contributed by atoms with Gasteiger partial charge in [-0.3, -0.25) is 4.79 Å². The van der Waals surface area contributed by atoms with Gasteiger partial charge in [-0.15, -0.1) is 11.3 Å². The fraction of sp³-hybridized carbons (Fsp3) is 0.409. The summed E-state index contributed by atoms with van der Waals surface area (Å²) < 4.78 is 1.37. The Balaban J connectivity index is 1.48. The molecule has 1 aliphatic heterocycles. The molecule has 1 fully saturated rings. The van der Waals surface area contributed by atoms with Gasteiger partial charge in [0.15, 0.2) is 0 Å². The molecule has 3 heterocycles. The predicted octanol–water partition coefficient (Wildman–Crippen LogP) is 3.71. The number of amides is 1. The number of hydrogen-bond acceptors (Lipinski definition) is 5. The zero-order valence-electron chi connectivity index (χ0n) is 16.6. The summed E-state index contributed by atoms with van der Waals surface area (Å²) in [5.41, 5.74) is 3.13. The number of aryl methyl sites for hydroxylation is 1. The van der Waals surface area contributed by atoms with E-state index in [1.54, 1.807) is 0 Å². The summed E-state index contributed by atoms with van der Waals surface area (Å²) >= 11 is 1.40. The molecule has 0 radical (unpaired) electrons. The van der Waals surface area contributed by atoms with Gasteiger partial charge in [0.05, 0.1) is 11.4 Å². The summed E-state index contributed by atoms with van der Waals surface area (Å²) in [4.78, 5) is 19.1. The van der Waals surface area contributed by atoms with E-state index >= 15 is 0 Å². The average Bonchev–Trinajstić information content (AvgIpc) is 3.21. The maximum absolute atomic E-state index is 12.9. The minimum Gasteiger partial charge on any atom is -0.858 e. The molecule has 0 aliphatic carbocycles. The van der Waals surface area contributed by atoms with Crippen molar-refractivity contribution in [1.82, 2.24) is 19.7 Å². The Bertz CT molecular complexity index is 972. The number of thiazole rings is 1. The molecule has 152 valence electrons. The molecule has 1 aromatic carbocycles. The van der Waals surface area contributed by atoms with Gasteiger partial charge in [0, 0.05) is 30.5 Å². The SMILES string of the molecule is Cc1nn(-c2nc(-c3ccccc3)cs2)c([O-])c1CCC(=O)N1CCCCCC1. The van der Waals surface area contributed by atoms with E-state index in [-0.39, 0.29) is 11.8 Å². The summed E-state index contributed by atoms with van der Waals surface area (Å²) in [5, 5.41) is 19.8. The monoisotopic (exact) mass is 409 g/mol. The Labute approximate surface area is 174 Å². The van der Waals surface area contributed by atoms with Crippen molar-refractivity contribution in [2.24, 2.45) is 0 Å². The first-order chi connectivity index (χ1) is 14.1. The maximum atomic E-state index is 12.9. The Hall–Kier alpha value is -2.67. The molecule has 0 unspecified atom stereocenters. The number of likely N-dealkylation sites (tertiary alicyclic amines) is 1. The molecular formula is C22H25N4O2S-. The zero-order valence-corrected chi connectivity index (χ0v) is 17.5. The Morgan fingerprint density at radius 2 is 1.86 bits per heavy atom. The van der Waals surface area contributed by atoms with Crippen molar-refractivity contribution in [2.45, 2.75) is 45.4 Å². The van der Waals surface area contributed by atoms with Gasteiger partial charge in [0.25, 0.3) is 0 Å². The van der Waals surface area contributed by atoms with E-state index in [1.165, 1.54) is 28.9 Å². The topological polar surface area (TPSA) is 74.1 Å². The van der Waals surface area contributed by atoms with E-state index in [4.69, 9.17) is 0 Å². The van der Waals surface area contributed by atoms with Crippen LogP contribution >= 0.6 is 11.3 Å². The lowest BCUT2D eigenvalue weighted by Gasteiger charge is -2.20. The first-order valence-corrected chi connectivity index (χ1v) is 11.1. The molecule has 0 saturated carbocycles. The summed E-state index contributed by atoms with van der Waals surface area (Å²) in [5.74, 6) is -0.0285. The third kappa shape index (κ3) is 4.34. The van der Waals surface area contributed by atoms with E-state index in [0.29, 0.717) is 29.2 Å². The summed E-state index contributed by atoms with van der Waals surface area (Å²) in [6.07, 6.45) is 5.32. The molecule has 1 amide bonds. The predicted molar refractivity (Wildman–Crippen MR) is 112 cm³/mol. The summed E-state index contributed by atoms with van der Waals surface area (Å²) in [6, 6.07) is 9.87. The van der Waals surface area contributed by atoms with Gasteiger partial charge in [-0.05, 0) is 37.6 Å². The highest BCUT2D eigenvalue weighted by molar-refractivity contribution is 7.12. The van der Waals surface area contributed by atoms with E-state index in [9.17, 15) is 9.90 Å². The second-order valence-electron chi connectivity index (χ2n) is 7.46. The van der Waals surface area contributed by atoms with Crippen molar-refractivity contribution in [3.05, 3.63) is 47.0 Å². The molecule has 29 heavy (non-hydrogen) atoms. The van der Waals surface area contributed by atoms with E-state index < -0.39 is 0 Å². The lowest BCUT2D eigenvalue weighted by Crippen LogP contribution is -2.32. The van der Waals surface area contributed by atoms with Crippen LogP contribution in [0.4, 0.5) is 0 Å². The summed E-state index contributed by atoms with van der Waals surface area (Å²) in [6.45, 7) is 3.50. The van der Waals surface area contributed by atoms with E-state index in [0.717, 1.165) is 37.2 Å². The fourth-order valence-electron chi connectivity index (χ4n) is 3.77. The lowest BCUT2D eigenvalue weighted by molar-refractivity contribution is -0.278. The zero-order chi connectivity index (χ0) is 20.2. The van der Waals surface area contributed by atoms with Crippen molar-refractivity contribution >= 4 is 17.2 Å². The number of carbonyl (C=O) groups is 1. The molecule has 3 aromatic rings. The van der Waals surface area contributed by atoms with Gasteiger partial charge >= 0.3 is 0 Å². The number of hydrogen-bond donors (Lipinski definition) is 0. The standard InChI is InChI=1S/C22H26N4O2S/c1-16-18(11-12-20(27)25-13-7-2-3-8-14-25)21(28)26(24-16)22-23-19(15-29-22)17-9-5-4-6-10-17/h4-6,9-10,15,28H,2-3,7-8,11-14H2,1H3/p-1. The van der Waals surface area contributed by atoms with Crippen LogP contribution in [0.1, 0.15) is 43.4 Å². The smallest absolute Gasteiger partial charge is 0.222 e. The first-order valence-electron chi connectivity index (χ1n) is 10.2. The second-order valence-corrected chi connectivity index (χ2v) is 8.29. The molecule has 4 rings (SSSR count). The van der Waals surface area contributed by atoms with Crippen molar-refractivity contribution < 1.29 is 9.90 Å². The molecule has 1 aliphatic rings. The van der Waals surface area contributed by atoms with Crippen LogP contribution in [0.5, 0.6) is 5.88 Å². The Morgan fingerprint density at radius 3 is 2.59 bits per heavy atom. The van der Waals surface area contributed by atoms with E-state index in [2.05, 4.69) is 10.1 Å². The molecule has 1 saturated heterocycles. The van der Waals surface area contributed by atoms with E-state index in [1.807, 2.05) is 47.5 Å². The van der Waals surface area contributed by atoms with Crippen LogP contribution in [0.2, 0.25) is 0 Å². The van der Waals surface area contributed by atoms with Gasteiger partial charge in [-0.1, -0.05) is 43.2 Å². The van der Waals surface area contributed by atoms with Crippen LogP contribution in [0.25, 0.3) is 16.4 Å². The Kier molecular flexibility index (Phi) is 5.94. The minimum atomic E-state index is -0.167. The second kappa shape index (κ2) is 8.78. The van der Waals surface area contributed by atoms with Crippen molar-refractivity contribution in [3.63, 3.8) is 0 Å². The molecule has 0 bridgehead atoms. The lowest BCUT2D eigenvalue weighted by atomic mass is 10.1. The van der Waals surface area contributed by atoms with Gasteiger partial charge in [0.2, 0.25) is 11.0 Å². The third-order valence-corrected chi connectivity index (χ3v) is 6.24. The number of rotatable bonds is 5. The Morgan fingerprint density at radius 1 is 1.14 bits per heavy atom. The van der Waals surface area contributed by atoms with Gasteiger partial charge in [-0.2, -0.15) is 5.10 Å². The van der Waals surface area contributed by atoms with Crippen LogP contribution in [0.15, 0.2) is 35.7 Å². The molecule has 7 heteroatoms. The molecule has 0 atom stereocenters. The number of benzene rings is 1. The number of carbonyl (C=O) groups excluding carboxylic acids is 1. The van der Waals surface area contributed by atoms with Crippen LogP contribution in [0.3, 0.4) is 0 Å². The molecule has 0 N–H and O–H groups in total. The largest absolute Gasteiger partial charge is 0.858 e. The highest BCUT2D eigenvalue weighted by atomic mass is 32.1. The average molecular weight is 410 g/mol.